The third kappa shape index (κ3) is 3.03. The Morgan fingerprint density at radius 3 is 2.85 bits per heavy atom. The molecule has 0 aliphatic rings. The van der Waals surface area contributed by atoms with Crippen molar-refractivity contribution in [1.29, 1.82) is 0 Å². The van der Waals surface area contributed by atoms with Crippen molar-refractivity contribution in [2.45, 2.75) is 6.92 Å². The normalized spacial score (nSPS) is 10.1. The summed E-state index contributed by atoms with van der Waals surface area (Å²) in [5.41, 5.74) is 1.06. The summed E-state index contributed by atoms with van der Waals surface area (Å²) in [4.78, 5) is 6.57. The van der Waals surface area contributed by atoms with Crippen LogP contribution in [-0.4, -0.2) is 32.2 Å². The summed E-state index contributed by atoms with van der Waals surface area (Å²) < 4.78 is 0. The molecule has 0 spiro atoms. The third-order valence-electron chi connectivity index (χ3n) is 1.96. The molecule has 13 heavy (non-hydrogen) atoms. The van der Waals surface area contributed by atoms with Gasteiger partial charge in [0.2, 0.25) is 0 Å². The Morgan fingerprint density at radius 2 is 2.23 bits per heavy atom. The molecule has 0 radical (unpaired) electrons. The molecule has 1 heterocycles. The van der Waals surface area contributed by atoms with Gasteiger partial charge in [-0.15, -0.1) is 0 Å². The van der Waals surface area contributed by atoms with Crippen LogP contribution >= 0.6 is 0 Å². The van der Waals surface area contributed by atoms with Crippen molar-refractivity contribution < 1.29 is 0 Å². The minimum atomic E-state index is 0.978. The molecule has 0 atom stereocenters. The Hall–Kier alpha value is -1.09. The molecule has 72 valence electrons. The van der Waals surface area contributed by atoms with Gasteiger partial charge in [-0.05, 0) is 26.1 Å². The first-order valence-corrected chi connectivity index (χ1v) is 4.53. The van der Waals surface area contributed by atoms with Gasteiger partial charge < -0.3 is 10.2 Å². The fourth-order valence-corrected chi connectivity index (χ4v) is 1.14. The standard InChI is InChI=1S/C10H17N3/c1-9-5-4-6-10(12-9)13(3)8-7-11-2/h4-6,11H,7-8H2,1-3H3. The minimum Gasteiger partial charge on any atom is -0.358 e. The summed E-state index contributed by atoms with van der Waals surface area (Å²) >= 11 is 0. The molecule has 1 aromatic rings. The number of pyridine rings is 1. The first-order chi connectivity index (χ1) is 6.24. The molecule has 0 fully saturated rings. The first-order valence-electron chi connectivity index (χ1n) is 4.53. The van der Waals surface area contributed by atoms with E-state index in [2.05, 4.69) is 22.2 Å². The highest BCUT2D eigenvalue weighted by Crippen LogP contribution is 2.07. The fourth-order valence-electron chi connectivity index (χ4n) is 1.14. The number of rotatable bonds is 4. The Labute approximate surface area is 79.8 Å². The molecule has 0 bridgehead atoms. The van der Waals surface area contributed by atoms with Crippen molar-refractivity contribution in [3.63, 3.8) is 0 Å². The third-order valence-corrected chi connectivity index (χ3v) is 1.96. The zero-order valence-electron chi connectivity index (χ0n) is 8.54. The van der Waals surface area contributed by atoms with Crippen LogP contribution < -0.4 is 10.2 Å². The van der Waals surface area contributed by atoms with E-state index in [1.54, 1.807) is 0 Å². The van der Waals surface area contributed by atoms with Gasteiger partial charge in [-0.25, -0.2) is 4.98 Å². The van der Waals surface area contributed by atoms with Gasteiger partial charge in [-0.2, -0.15) is 0 Å². The van der Waals surface area contributed by atoms with Crippen molar-refractivity contribution in [2.24, 2.45) is 0 Å². The lowest BCUT2D eigenvalue weighted by Gasteiger charge is -2.17. The van der Waals surface area contributed by atoms with Crippen molar-refractivity contribution in [1.82, 2.24) is 10.3 Å². The minimum absolute atomic E-state index is 0.978. The first kappa shape index (κ1) is 9.99. The molecule has 0 saturated heterocycles. The largest absolute Gasteiger partial charge is 0.358 e. The molecule has 0 unspecified atom stereocenters. The summed E-state index contributed by atoms with van der Waals surface area (Å²) in [5, 5.41) is 3.11. The highest BCUT2D eigenvalue weighted by molar-refractivity contribution is 5.37. The number of hydrogen-bond donors (Lipinski definition) is 1. The smallest absolute Gasteiger partial charge is 0.128 e. The van der Waals surface area contributed by atoms with E-state index in [0.29, 0.717) is 0 Å². The predicted molar refractivity (Wildman–Crippen MR) is 56.2 cm³/mol. The quantitative estimate of drug-likeness (QED) is 0.748. The maximum atomic E-state index is 4.42. The number of nitrogens with one attached hydrogen (secondary N) is 1. The molecule has 0 aliphatic heterocycles. The van der Waals surface area contributed by atoms with Crippen LogP contribution in [0.2, 0.25) is 0 Å². The van der Waals surface area contributed by atoms with Gasteiger partial charge in [0.15, 0.2) is 0 Å². The SMILES string of the molecule is CNCCN(C)c1cccc(C)n1. The van der Waals surface area contributed by atoms with Crippen molar-refractivity contribution in [2.75, 3.05) is 32.1 Å². The average Bonchev–Trinajstić information content (AvgIpc) is 2.14. The lowest BCUT2D eigenvalue weighted by Crippen LogP contribution is -2.27. The second kappa shape index (κ2) is 4.82. The van der Waals surface area contributed by atoms with Crippen LogP contribution in [0.1, 0.15) is 5.69 Å². The summed E-state index contributed by atoms with van der Waals surface area (Å²) in [6, 6.07) is 6.08. The number of likely N-dealkylation sites (N-methyl/N-ethyl adjacent to an activating group) is 2. The summed E-state index contributed by atoms with van der Waals surface area (Å²) in [6.07, 6.45) is 0. The van der Waals surface area contributed by atoms with E-state index in [1.165, 1.54) is 0 Å². The number of hydrogen-bond acceptors (Lipinski definition) is 3. The number of aromatic nitrogens is 1. The predicted octanol–water partition coefficient (Wildman–Crippen LogP) is 1.05. The average molecular weight is 179 g/mol. The number of aryl methyl sites for hydroxylation is 1. The van der Waals surface area contributed by atoms with Gasteiger partial charge in [0.05, 0.1) is 0 Å². The van der Waals surface area contributed by atoms with Crippen molar-refractivity contribution in [3.05, 3.63) is 23.9 Å². The van der Waals surface area contributed by atoms with Gasteiger partial charge in [0.1, 0.15) is 5.82 Å². The second-order valence-electron chi connectivity index (χ2n) is 3.16. The molecule has 0 amide bonds. The Balaban J connectivity index is 2.60. The lowest BCUT2D eigenvalue weighted by atomic mass is 10.3. The van der Waals surface area contributed by atoms with E-state index in [-0.39, 0.29) is 0 Å². The van der Waals surface area contributed by atoms with E-state index in [4.69, 9.17) is 0 Å². The van der Waals surface area contributed by atoms with Crippen molar-refractivity contribution >= 4 is 5.82 Å². The summed E-state index contributed by atoms with van der Waals surface area (Å²) in [5.74, 6) is 1.04. The van der Waals surface area contributed by atoms with Crippen LogP contribution in [0, 0.1) is 6.92 Å². The highest BCUT2D eigenvalue weighted by atomic mass is 15.2. The molecule has 0 aromatic carbocycles. The van der Waals surface area contributed by atoms with E-state index in [9.17, 15) is 0 Å². The monoisotopic (exact) mass is 179 g/mol. The molecular formula is C10H17N3. The topological polar surface area (TPSA) is 28.2 Å². The van der Waals surface area contributed by atoms with Crippen LogP contribution in [0.15, 0.2) is 18.2 Å². The van der Waals surface area contributed by atoms with Gasteiger partial charge in [-0.1, -0.05) is 6.07 Å². The van der Waals surface area contributed by atoms with Crippen molar-refractivity contribution in [3.8, 4) is 0 Å². The highest BCUT2D eigenvalue weighted by Gasteiger charge is 2.00. The summed E-state index contributed by atoms with van der Waals surface area (Å²) in [6.45, 7) is 3.97. The summed E-state index contributed by atoms with van der Waals surface area (Å²) in [7, 11) is 4.01. The maximum Gasteiger partial charge on any atom is 0.128 e. The van der Waals surface area contributed by atoms with Gasteiger partial charge in [-0.3, -0.25) is 0 Å². The van der Waals surface area contributed by atoms with E-state index >= 15 is 0 Å². The zero-order chi connectivity index (χ0) is 9.68. The van der Waals surface area contributed by atoms with Crippen LogP contribution in [0.3, 0.4) is 0 Å². The molecule has 1 rings (SSSR count). The molecule has 0 aliphatic carbocycles. The van der Waals surface area contributed by atoms with Crippen LogP contribution in [-0.2, 0) is 0 Å². The molecule has 0 saturated carbocycles. The van der Waals surface area contributed by atoms with Gasteiger partial charge in [0, 0.05) is 25.8 Å². The Morgan fingerprint density at radius 1 is 1.46 bits per heavy atom. The molecular weight excluding hydrogens is 162 g/mol. The Kier molecular flexibility index (Phi) is 3.71. The van der Waals surface area contributed by atoms with Crippen LogP contribution in [0.25, 0.3) is 0 Å². The fraction of sp³-hybridized carbons (Fsp3) is 0.500. The van der Waals surface area contributed by atoms with E-state index < -0.39 is 0 Å². The van der Waals surface area contributed by atoms with Crippen LogP contribution in [0.4, 0.5) is 5.82 Å². The molecule has 1 N–H and O–H groups in total. The number of anilines is 1. The molecule has 3 heteroatoms. The maximum absolute atomic E-state index is 4.42. The Bertz CT molecular complexity index is 260. The van der Waals surface area contributed by atoms with E-state index in [0.717, 1.165) is 24.6 Å². The van der Waals surface area contributed by atoms with Gasteiger partial charge in [0.25, 0.3) is 0 Å². The van der Waals surface area contributed by atoms with Crippen LogP contribution in [0.5, 0.6) is 0 Å². The lowest BCUT2D eigenvalue weighted by molar-refractivity contribution is 0.760. The second-order valence-corrected chi connectivity index (χ2v) is 3.16. The zero-order valence-corrected chi connectivity index (χ0v) is 8.54. The van der Waals surface area contributed by atoms with Gasteiger partial charge >= 0.3 is 0 Å². The molecule has 3 nitrogen and oxygen atoms in total. The number of nitrogens with zero attached hydrogens (tertiary/aromatic N) is 2. The molecule has 1 aromatic heterocycles. The van der Waals surface area contributed by atoms with E-state index in [1.807, 2.05) is 32.2 Å².